The number of piperidine rings is 1. The molecule has 1 fully saturated rings. The fourth-order valence-corrected chi connectivity index (χ4v) is 2.26. The summed E-state index contributed by atoms with van der Waals surface area (Å²) in [5.41, 5.74) is 0.943. The van der Waals surface area contributed by atoms with Crippen molar-refractivity contribution in [3.63, 3.8) is 0 Å². The van der Waals surface area contributed by atoms with Gasteiger partial charge in [-0.2, -0.15) is 0 Å². The first-order valence-corrected chi connectivity index (χ1v) is 5.84. The van der Waals surface area contributed by atoms with Gasteiger partial charge in [0.05, 0.1) is 18.7 Å². The molecule has 1 aromatic rings. The van der Waals surface area contributed by atoms with E-state index in [1.807, 2.05) is 13.2 Å². The zero-order valence-electron chi connectivity index (χ0n) is 10.3. The number of carbonyl (C=O) groups is 1. The second-order valence-electron chi connectivity index (χ2n) is 4.48. The molecule has 1 aromatic heterocycles. The van der Waals surface area contributed by atoms with Crippen LogP contribution in [0.4, 0.5) is 0 Å². The molecule has 6 nitrogen and oxygen atoms in total. The highest BCUT2D eigenvalue weighted by molar-refractivity contribution is 5.72. The number of aryl methyl sites for hydroxylation is 1. The lowest BCUT2D eigenvalue weighted by molar-refractivity contribution is -0.147. The number of carbonyl (C=O) groups excluding carboxylic acids is 1. The largest absolute Gasteiger partial charge is 0.469 e. The van der Waals surface area contributed by atoms with Gasteiger partial charge in [0.1, 0.15) is 0 Å². The predicted molar refractivity (Wildman–Crippen MR) is 61.0 cm³/mol. The quantitative estimate of drug-likeness (QED) is 0.704. The minimum atomic E-state index is -0.103. The van der Waals surface area contributed by atoms with Crippen LogP contribution in [0.1, 0.15) is 18.5 Å². The van der Waals surface area contributed by atoms with Crippen LogP contribution in [-0.4, -0.2) is 46.1 Å². The molecular formula is C11H18N4O2. The first-order valence-electron chi connectivity index (χ1n) is 5.84. The molecule has 1 saturated heterocycles. The molecule has 2 heterocycles. The van der Waals surface area contributed by atoms with Crippen LogP contribution < -0.4 is 0 Å². The summed E-state index contributed by atoms with van der Waals surface area (Å²) in [7, 11) is 3.30. The molecule has 17 heavy (non-hydrogen) atoms. The Balaban J connectivity index is 1.91. The molecule has 2 rings (SSSR count). The fourth-order valence-electron chi connectivity index (χ4n) is 2.26. The van der Waals surface area contributed by atoms with E-state index in [4.69, 9.17) is 4.74 Å². The van der Waals surface area contributed by atoms with Crippen molar-refractivity contribution in [2.75, 3.05) is 20.2 Å². The van der Waals surface area contributed by atoms with Gasteiger partial charge in [0.25, 0.3) is 0 Å². The van der Waals surface area contributed by atoms with Gasteiger partial charge in [-0.05, 0) is 19.4 Å². The van der Waals surface area contributed by atoms with Gasteiger partial charge in [-0.25, -0.2) is 0 Å². The first-order chi connectivity index (χ1) is 8.19. The molecule has 0 aliphatic carbocycles. The minimum absolute atomic E-state index is 0.00502. The number of hydrogen-bond acceptors (Lipinski definition) is 5. The lowest BCUT2D eigenvalue weighted by Gasteiger charge is -2.30. The number of nitrogens with zero attached hydrogens (tertiary/aromatic N) is 4. The van der Waals surface area contributed by atoms with E-state index in [0.29, 0.717) is 0 Å². The Morgan fingerprint density at radius 2 is 2.47 bits per heavy atom. The second kappa shape index (κ2) is 5.27. The van der Waals surface area contributed by atoms with Gasteiger partial charge in [0, 0.05) is 26.3 Å². The zero-order chi connectivity index (χ0) is 12.3. The summed E-state index contributed by atoms with van der Waals surface area (Å²) in [4.78, 5) is 13.7. The maximum Gasteiger partial charge on any atom is 0.309 e. The van der Waals surface area contributed by atoms with Crippen LogP contribution in [0.3, 0.4) is 0 Å². The molecule has 0 aromatic carbocycles. The lowest BCUT2D eigenvalue weighted by Crippen LogP contribution is -2.38. The third-order valence-corrected chi connectivity index (χ3v) is 3.08. The average Bonchev–Trinajstić information content (AvgIpc) is 2.74. The number of hydrogen-bond donors (Lipinski definition) is 0. The standard InChI is InChI=1S/C11H18N4O2/c1-14-7-10(12-13-14)8-15-5-3-4-9(6-15)11(16)17-2/h7,9H,3-6,8H2,1-2H3/t9-/m0/s1. The SMILES string of the molecule is COC(=O)[C@H]1CCCN(Cc2cn(C)nn2)C1. The number of likely N-dealkylation sites (tertiary alicyclic amines) is 1. The van der Waals surface area contributed by atoms with Crippen LogP contribution in [0.5, 0.6) is 0 Å². The number of esters is 1. The van der Waals surface area contributed by atoms with Crippen LogP contribution in [0.25, 0.3) is 0 Å². The molecule has 1 aliphatic rings. The summed E-state index contributed by atoms with van der Waals surface area (Å²) >= 11 is 0. The Bertz CT molecular complexity index is 391. The van der Waals surface area contributed by atoms with Crippen LogP contribution >= 0.6 is 0 Å². The summed E-state index contributed by atoms with van der Waals surface area (Å²) in [6.45, 7) is 2.51. The van der Waals surface area contributed by atoms with E-state index in [1.165, 1.54) is 7.11 Å². The summed E-state index contributed by atoms with van der Waals surface area (Å²) < 4.78 is 6.49. The van der Waals surface area contributed by atoms with Crippen LogP contribution in [-0.2, 0) is 23.1 Å². The maximum absolute atomic E-state index is 11.5. The van der Waals surface area contributed by atoms with E-state index in [1.54, 1.807) is 4.68 Å². The molecule has 0 N–H and O–H groups in total. The van der Waals surface area contributed by atoms with Crippen molar-refractivity contribution in [3.8, 4) is 0 Å². The van der Waals surface area contributed by atoms with E-state index < -0.39 is 0 Å². The van der Waals surface area contributed by atoms with Crippen molar-refractivity contribution in [1.82, 2.24) is 19.9 Å². The maximum atomic E-state index is 11.5. The Labute approximate surface area is 101 Å². The summed E-state index contributed by atoms with van der Waals surface area (Å²) in [5.74, 6) is -0.0979. The van der Waals surface area contributed by atoms with Gasteiger partial charge in [0.15, 0.2) is 0 Å². The molecular weight excluding hydrogens is 220 g/mol. The molecule has 1 aliphatic heterocycles. The molecule has 6 heteroatoms. The van der Waals surface area contributed by atoms with Gasteiger partial charge >= 0.3 is 5.97 Å². The van der Waals surface area contributed by atoms with E-state index in [0.717, 1.165) is 38.2 Å². The van der Waals surface area contributed by atoms with Crippen molar-refractivity contribution < 1.29 is 9.53 Å². The normalized spacial score (nSPS) is 21.4. The van der Waals surface area contributed by atoms with Crippen LogP contribution in [0.2, 0.25) is 0 Å². The Hall–Kier alpha value is -1.43. The van der Waals surface area contributed by atoms with E-state index in [9.17, 15) is 4.79 Å². The van der Waals surface area contributed by atoms with Gasteiger partial charge < -0.3 is 4.74 Å². The van der Waals surface area contributed by atoms with Crippen LogP contribution in [0, 0.1) is 5.92 Å². The van der Waals surface area contributed by atoms with Crippen molar-refractivity contribution in [2.45, 2.75) is 19.4 Å². The molecule has 0 saturated carbocycles. The van der Waals surface area contributed by atoms with Crippen molar-refractivity contribution in [1.29, 1.82) is 0 Å². The molecule has 0 radical (unpaired) electrons. The molecule has 0 bridgehead atoms. The highest BCUT2D eigenvalue weighted by atomic mass is 16.5. The monoisotopic (exact) mass is 238 g/mol. The first kappa shape index (κ1) is 12.0. The van der Waals surface area contributed by atoms with Crippen molar-refractivity contribution in [3.05, 3.63) is 11.9 Å². The Kier molecular flexibility index (Phi) is 3.73. The molecule has 0 spiro atoms. The van der Waals surface area contributed by atoms with Crippen LogP contribution in [0.15, 0.2) is 6.20 Å². The van der Waals surface area contributed by atoms with Gasteiger partial charge in [-0.1, -0.05) is 5.21 Å². The molecule has 1 atom stereocenters. The fraction of sp³-hybridized carbons (Fsp3) is 0.727. The second-order valence-corrected chi connectivity index (χ2v) is 4.48. The summed E-state index contributed by atoms with van der Waals surface area (Å²) in [5, 5.41) is 7.96. The van der Waals surface area contributed by atoms with Gasteiger partial charge in [-0.3, -0.25) is 14.4 Å². The number of aromatic nitrogens is 3. The lowest BCUT2D eigenvalue weighted by atomic mass is 9.98. The van der Waals surface area contributed by atoms with E-state index in [-0.39, 0.29) is 11.9 Å². The predicted octanol–water partition coefficient (Wildman–Crippen LogP) is 0.200. The summed E-state index contributed by atoms with van der Waals surface area (Å²) in [6.07, 6.45) is 3.85. The molecule has 0 unspecified atom stereocenters. The zero-order valence-corrected chi connectivity index (χ0v) is 10.3. The molecule has 0 amide bonds. The average molecular weight is 238 g/mol. The smallest absolute Gasteiger partial charge is 0.309 e. The van der Waals surface area contributed by atoms with Gasteiger partial charge in [0.2, 0.25) is 0 Å². The summed E-state index contributed by atoms with van der Waals surface area (Å²) in [6, 6.07) is 0. The Morgan fingerprint density at radius 1 is 1.65 bits per heavy atom. The highest BCUT2D eigenvalue weighted by Gasteiger charge is 2.26. The number of rotatable bonds is 3. The number of ether oxygens (including phenoxy) is 1. The van der Waals surface area contributed by atoms with Crippen molar-refractivity contribution in [2.24, 2.45) is 13.0 Å². The Morgan fingerprint density at radius 3 is 3.12 bits per heavy atom. The third-order valence-electron chi connectivity index (χ3n) is 3.08. The topological polar surface area (TPSA) is 60.2 Å². The van der Waals surface area contributed by atoms with Gasteiger partial charge in [-0.15, -0.1) is 5.10 Å². The van der Waals surface area contributed by atoms with Crippen molar-refractivity contribution >= 4 is 5.97 Å². The highest BCUT2D eigenvalue weighted by Crippen LogP contribution is 2.18. The third kappa shape index (κ3) is 3.03. The van der Waals surface area contributed by atoms with E-state index in [2.05, 4.69) is 15.2 Å². The minimum Gasteiger partial charge on any atom is -0.469 e. The van der Waals surface area contributed by atoms with E-state index >= 15 is 0 Å². The molecule has 94 valence electrons. The number of methoxy groups -OCH3 is 1.